The summed E-state index contributed by atoms with van der Waals surface area (Å²) in [7, 11) is 0. The highest BCUT2D eigenvalue weighted by atomic mass is 19.1. The summed E-state index contributed by atoms with van der Waals surface area (Å²) >= 11 is 0. The third kappa shape index (κ3) is 2.51. The highest BCUT2D eigenvalue weighted by Crippen LogP contribution is 2.15. The average molecular weight is 261 g/mol. The monoisotopic (exact) mass is 261 g/mol. The first-order valence-electron chi connectivity index (χ1n) is 6.61. The number of rotatable bonds is 2. The van der Waals surface area contributed by atoms with Crippen LogP contribution in [0.15, 0.2) is 29.2 Å². The average Bonchev–Trinajstić information content (AvgIpc) is 2.41. The van der Waals surface area contributed by atoms with Gasteiger partial charge in [-0.15, -0.1) is 0 Å². The van der Waals surface area contributed by atoms with Gasteiger partial charge in [-0.3, -0.25) is 9.20 Å². The molecule has 0 radical (unpaired) electrons. The van der Waals surface area contributed by atoms with E-state index in [1.807, 2.05) is 0 Å². The highest BCUT2D eigenvalue weighted by molar-refractivity contribution is 5.40. The van der Waals surface area contributed by atoms with E-state index in [4.69, 9.17) is 0 Å². The lowest BCUT2D eigenvalue weighted by Gasteiger charge is -2.22. The summed E-state index contributed by atoms with van der Waals surface area (Å²) < 4.78 is 14.9. The topological polar surface area (TPSA) is 46.4 Å². The van der Waals surface area contributed by atoms with Crippen LogP contribution in [0.2, 0.25) is 0 Å². The van der Waals surface area contributed by atoms with Crippen molar-refractivity contribution in [2.75, 3.05) is 13.1 Å². The summed E-state index contributed by atoms with van der Waals surface area (Å²) in [5.74, 6) is 0.0260. The molecule has 5 heteroatoms. The molecule has 1 aliphatic rings. The number of nitrogens with zero attached hydrogens (tertiary/aromatic N) is 2. The maximum absolute atomic E-state index is 13.7. The molecule has 0 bridgehead atoms. The highest BCUT2D eigenvalue weighted by Gasteiger charge is 2.15. The Morgan fingerprint density at radius 1 is 1.53 bits per heavy atom. The van der Waals surface area contributed by atoms with Crippen LogP contribution in [-0.4, -0.2) is 22.5 Å². The molecule has 19 heavy (non-hydrogen) atoms. The summed E-state index contributed by atoms with van der Waals surface area (Å²) in [6.45, 7) is 2.00. The van der Waals surface area contributed by atoms with Gasteiger partial charge in [0.25, 0.3) is 5.56 Å². The molecule has 3 heterocycles. The van der Waals surface area contributed by atoms with Gasteiger partial charge in [0.1, 0.15) is 0 Å². The second kappa shape index (κ2) is 5.09. The van der Waals surface area contributed by atoms with Crippen molar-refractivity contribution in [3.05, 3.63) is 46.3 Å². The zero-order valence-corrected chi connectivity index (χ0v) is 10.6. The van der Waals surface area contributed by atoms with Crippen LogP contribution < -0.4 is 10.9 Å². The Balaban J connectivity index is 1.96. The molecule has 2 aromatic rings. The molecular formula is C14H16FN3O. The number of hydrogen-bond donors (Lipinski definition) is 1. The zero-order valence-electron chi connectivity index (χ0n) is 10.6. The fraction of sp³-hybridized carbons (Fsp3) is 0.429. The molecule has 1 atom stereocenters. The van der Waals surface area contributed by atoms with Gasteiger partial charge in [-0.25, -0.2) is 9.37 Å². The van der Waals surface area contributed by atoms with E-state index in [-0.39, 0.29) is 11.2 Å². The number of pyridine rings is 1. The number of halogens is 1. The molecule has 1 fully saturated rings. The van der Waals surface area contributed by atoms with Crippen LogP contribution in [0.1, 0.15) is 18.5 Å². The summed E-state index contributed by atoms with van der Waals surface area (Å²) in [4.78, 5) is 16.2. The van der Waals surface area contributed by atoms with Crippen LogP contribution in [0.3, 0.4) is 0 Å². The number of nitrogens with one attached hydrogen (secondary N) is 1. The van der Waals surface area contributed by atoms with Crippen molar-refractivity contribution in [1.29, 1.82) is 0 Å². The second-order valence-electron chi connectivity index (χ2n) is 5.05. The van der Waals surface area contributed by atoms with Crippen molar-refractivity contribution in [3.63, 3.8) is 0 Å². The first-order chi connectivity index (χ1) is 9.24. The van der Waals surface area contributed by atoms with Crippen molar-refractivity contribution in [2.24, 2.45) is 5.92 Å². The Labute approximate surface area is 110 Å². The molecule has 0 aliphatic carbocycles. The van der Waals surface area contributed by atoms with E-state index >= 15 is 0 Å². The van der Waals surface area contributed by atoms with Crippen molar-refractivity contribution < 1.29 is 4.39 Å². The summed E-state index contributed by atoms with van der Waals surface area (Å²) in [6, 6.07) is 4.35. The van der Waals surface area contributed by atoms with Crippen LogP contribution in [-0.2, 0) is 6.42 Å². The molecular weight excluding hydrogens is 245 g/mol. The maximum atomic E-state index is 13.7. The number of fused-ring (bicyclic) bond motifs is 1. The Hall–Kier alpha value is -1.75. The van der Waals surface area contributed by atoms with Gasteiger partial charge in [0.2, 0.25) is 0 Å². The van der Waals surface area contributed by atoms with Crippen LogP contribution in [0.4, 0.5) is 4.39 Å². The smallest absolute Gasteiger partial charge is 0.258 e. The van der Waals surface area contributed by atoms with E-state index in [0.717, 1.165) is 32.4 Å². The Bertz CT molecular complexity index is 647. The largest absolute Gasteiger partial charge is 0.316 e. The van der Waals surface area contributed by atoms with E-state index in [1.54, 1.807) is 6.20 Å². The third-order valence-electron chi connectivity index (χ3n) is 3.59. The number of hydrogen-bond acceptors (Lipinski definition) is 3. The first kappa shape index (κ1) is 12.3. The van der Waals surface area contributed by atoms with E-state index in [9.17, 15) is 9.18 Å². The molecule has 4 nitrogen and oxygen atoms in total. The molecule has 100 valence electrons. The van der Waals surface area contributed by atoms with Crippen molar-refractivity contribution in [3.8, 4) is 0 Å². The molecule has 0 saturated carbocycles. The lowest BCUT2D eigenvalue weighted by molar-refractivity contribution is 0.373. The zero-order chi connectivity index (χ0) is 13.2. The Morgan fingerprint density at radius 2 is 2.42 bits per heavy atom. The van der Waals surface area contributed by atoms with Gasteiger partial charge >= 0.3 is 0 Å². The van der Waals surface area contributed by atoms with Crippen LogP contribution in [0.5, 0.6) is 0 Å². The molecule has 3 rings (SSSR count). The standard InChI is InChI=1S/C14H16FN3O/c15-12-4-2-6-18-13(19)8-11(17-14(12)18)7-10-3-1-5-16-9-10/h2,4,6,8,10,16H,1,3,5,7,9H2. The molecule has 0 spiro atoms. The van der Waals surface area contributed by atoms with Crippen molar-refractivity contribution >= 4 is 5.65 Å². The first-order valence-corrected chi connectivity index (χ1v) is 6.61. The predicted molar refractivity (Wildman–Crippen MR) is 70.7 cm³/mol. The molecule has 1 unspecified atom stereocenters. The van der Waals surface area contributed by atoms with Crippen LogP contribution in [0.25, 0.3) is 5.65 Å². The van der Waals surface area contributed by atoms with E-state index in [2.05, 4.69) is 10.3 Å². The van der Waals surface area contributed by atoms with Gasteiger partial charge in [0.15, 0.2) is 11.5 Å². The SMILES string of the molecule is O=c1cc(CC2CCCNC2)nc2c(F)cccn12. The minimum Gasteiger partial charge on any atom is -0.316 e. The minimum absolute atomic E-state index is 0.119. The van der Waals surface area contributed by atoms with Crippen LogP contribution >= 0.6 is 0 Å². The quantitative estimate of drug-likeness (QED) is 0.888. The molecule has 2 aromatic heterocycles. The van der Waals surface area contributed by atoms with Gasteiger partial charge in [-0.05, 0) is 50.4 Å². The molecule has 0 amide bonds. The molecule has 1 saturated heterocycles. The summed E-state index contributed by atoms with van der Waals surface area (Å²) in [6.07, 6.45) is 4.55. The lowest BCUT2D eigenvalue weighted by atomic mass is 9.94. The van der Waals surface area contributed by atoms with Crippen LogP contribution in [0, 0.1) is 11.7 Å². The number of aromatic nitrogens is 2. The van der Waals surface area contributed by atoms with E-state index in [1.165, 1.54) is 22.6 Å². The summed E-state index contributed by atoms with van der Waals surface area (Å²) in [5.41, 5.74) is 0.584. The minimum atomic E-state index is -0.455. The second-order valence-corrected chi connectivity index (χ2v) is 5.05. The molecule has 0 aromatic carbocycles. The van der Waals surface area contributed by atoms with Gasteiger partial charge in [-0.2, -0.15) is 0 Å². The molecule has 1 aliphatic heterocycles. The number of piperidine rings is 1. The van der Waals surface area contributed by atoms with Gasteiger partial charge in [-0.1, -0.05) is 0 Å². The van der Waals surface area contributed by atoms with Crippen molar-refractivity contribution in [2.45, 2.75) is 19.3 Å². The normalized spacial score (nSPS) is 19.7. The van der Waals surface area contributed by atoms with Crippen molar-refractivity contribution in [1.82, 2.24) is 14.7 Å². The van der Waals surface area contributed by atoms with Gasteiger partial charge < -0.3 is 5.32 Å². The lowest BCUT2D eigenvalue weighted by Crippen LogP contribution is -2.31. The van der Waals surface area contributed by atoms with Gasteiger partial charge in [0, 0.05) is 18.0 Å². The Morgan fingerprint density at radius 3 is 3.21 bits per heavy atom. The van der Waals surface area contributed by atoms with E-state index < -0.39 is 5.82 Å². The fourth-order valence-electron chi connectivity index (χ4n) is 2.64. The third-order valence-corrected chi connectivity index (χ3v) is 3.59. The van der Waals surface area contributed by atoms with E-state index in [0.29, 0.717) is 11.6 Å². The predicted octanol–water partition coefficient (Wildman–Crippen LogP) is 1.38. The Kier molecular flexibility index (Phi) is 3.29. The summed E-state index contributed by atoms with van der Waals surface area (Å²) in [5, 5.41) is 3.33. The maximum Gasteiger partial charge on any atom is 0.258 e. The fourth-order valence-corrected chi connectivity index (χ4v) is 2.64. The van der Waals surface area contributed by atoms with Gasteiger partial charge in [0.05, 0.1) is 0 Å². The molecule has 1 N–H and O–H groups in total.